The first-order valence-corrected chi connectivity index (χ1v) is 10.3. The molecular formula is C24H26N2O5. The molecule has 1 aliphatic carbocycles. The molecule has 162 valence electrons. The van der Waals surface area contributed by atoms with Crippen LogP contribution in [0.2, 0.25) is 0 Å². The number of aliphatic hydroxyl groups is 1. The maximum atomic E-state index is 12.1. The summed E-state index contributed by atoms with van der Waals surface area (Å²) in [5, 5.41) is 17.4. The lowest BCUT2D eigenvalue weighted by molar-refractivity contribution is -0.143. The molecule has 1 aromatic heterocycles. The SMILES string of the molecule is COC(=O)C1(c2ccc(-c3onc(C)c3NC(O)O[C@H](C)c3ccccc3)cc2)CC1. The van der Waals surface area contributed by atoms with Gasteiger partial charge in [0.15, 0.2) is 5.76 Å². The first-order chi connectivity index (χ1) is 14.9. The van der Waals surface area contributed by atoms with Crippen molar-refractivity contribution in [3.63, 3.8) is 0 Å². The minimum absolute atomic E-state index is 0.203. The van der Waals surface area contributed by atoms with Gasteiger partial charge >= 0.3 is 5.97 Å². The third-order valence-electron chi connectivity index (χ3n) is 5.76. The van der Waals surface area contributed by atoms with E-state index in [9.17, 15) is 9.90 Å². The van der Waals surface area contributed by atoms with Crippen LogP contribution in [0.25, 0.3) is 11.3 Å². The van der Waals surface area contributed by atoms with E-state index in [1.807, 2.05) is 61.5 Å². The van der Waals surface area contributed by atoms with E-state index in [0.29, 0.717) is 17.1 Å². The molecule has 1 fully saturated rings. The quantitative estimate of drug-likeness (QED) is 0.412. The summed E-state index contributed by atoms with van der Waals surface area (Å²) in [6.45, 7) is 3.66. The van der Waals surface area contributed by atoms with Gasteiger partial charge in [0.25, 0.3) is 0 Å². The number of aryl methyl sites for hydroxylation is 1. The molecule has 1 heterocycles. The molecule has 0 spiro atoms. The Bertz CT molecular complexity index is 1040. The van der Waals surface area contributed by atoms with Gasteiger partial charge in [-0.3, -0.25) is 4.79 Å². The average molecular weight is 422 g/mol. The molecule has 3 aromatic rings. The third-order valence-corrected chi connectivity index (χ3v) is 5.76. The first-order valence-electron chi connectivity index (χ1n) is 10.3. The van der Waals surface area contributed by atoms with Crippen LogP contribution in [0, 0.1) is 6.92 Å². The molecule has 0 bridgehead atoms. The summed E-state index contributed by atoms with van der Waals surface area (Å²) < 4.78 is 16.2. The van der Waals surface area contributed by atoms with Gasteiger partial charge in [-0.25, -0.2) is 0 Å². The first kappa shape index (κ1) is 21.1. The fourth-order valence-electron chi connectivity index (χ4n) is 3.76. The van der Waals surface area contributed by atoms with E-state index in [4.69, 9.17) is 14.0 Å². The zero-order valence-corrected chi connectivity index (χ0v) is 17.8. The second kappa shape index (κ2) is 8.53. The Hall–Kier alpha value is -3.16. The zero-order chi connectivity index (χ0) is 22.0. The predicted octanol–water partition coefficient (Wildman–Crippen LogP) is 4.32. The number of aliphatic hydroxyl groups excluding tert-OH is 1. The molecule has 0 aliphatic heterocycles. The van der Waals surface area contributed by atoms with Crippen LogP contribution in [0.3, 0.4) is 0 Å². The van der Waals surface area contributed by atoms with Crippen LogP contribution in [0.15, 0.2) is 59.1 Å². The largest absolute Gasteiger partial charge is 0.468 e. The third kappa shape index (κ3) is 4.19. The molecular weight excluding hydrogens is 396 g/mol. The van der Waals surface area contributed by atoms with E-state index in [1.54, 1.807) is 6.92 Å². The summed E-state index contributed by atoms with van der Waals surface area (Å²) in [6, 6.07) is 17.2. The van der Waals surface area contributed by atoms with Crippen LogP contribution in [0.5, 0.6) is 0 Å². The van der Waals surface area contributed by atoms with Crippen molar-refractivity contribution < 1.29 is 23.9 Å². The normalized spacial score (nSPS) is 16.4. The lowest BCUT2D eigenvalue weighted by Gasteiger charge is -2.20. The minimum atomic E-state index is -1.25. The summed E-state index contributed by atoms with van der Waals surface area (Å²) in [4.78, 5) is 12.1. The Morgan fingerprint density at radius 3 is 2.45 bits per heavy atom. The molecule has 7 heteroatoms. The minimum Gasteiger partial charge on any atom is -0.468 e. The van der Waals surface area contributed by atoms with Crippen LogP contribution >= 0.6 is 0 Å². The topological polar surface area (TPSA) is 93.8 Å². The van der Waals surface area contributed by atoms with Gasteiger partial charge in [0.2, 0.25) is 6.41 Å². The highest BCUT2D eigenvalue weighted by Gasteiger charge is 2.52. The number of esters is 1. The number of hydrogen-bond acceptors (Lipinski definition) is 7. The molecule has 0 radical (unpaired) electrons. The summed E-state index contributed by atoms with van der Waals surface area (Å²) in [6.07, 6.45) is 0.0206. The van der Waals surface area contributed by atoms with Crippen molar-refractivity contribution in [2.75, 3.05) is 12.4 Å². The van der Waals surface area contributed by atoms with E-state index in [0.717, 1.165) is 29.5 Å². The van der Waals surface area contributed by atoms with Crippen LogP contribution < -0.4 is 5.32 Å². The van der Waals surface area contributed by atoms with Crippen molar-refractivity contribution in [3.05, 3.63) is 71.4 Å². The lowest BCUT2D eigenvalue weighted by Crippen LogP contribution is -2.24. The zero-order valence-electron chi connectivity index (χ0n) is 17.8. The Morgan fingerprint density at radius 1 is 1.16 bits per heavy atom. The monoisotopic (exact) mass is 422 g/mol. The second-order valence-corrected chi connectivity index (χ2v) is 7.81. The fraction of sp³-hybridized carbons (Fsp3) is 0.333. The Labute approximate surface area is 181 Å². The standard InChI is InChI=1S/C24H26N2O5/c1-15-20(25-23(28)30-16(2)17-7-5-4-6-8-17)21(31-26-15)18-9-11-19(12-10-18)24(13-14-24)22(27)29-3/h4-12,16,23,25,28H,13-14H2,1-3H3/t16-,23?/m1/s1. The Morgan fingerprint density at radius 2 is 1.84 bits per heavy atom. The van der Waals surface area contributed by atoms with Gasteiger partial charge in [0.1, 0.15) is 11.4 Å². The van der Waals surface area contributed by atoms with Crippen LogP contribution in [0.4, 0.5) is 5.69 Å². The molecule has 1 saturated carbocycles. The summed E-state index contributed by atoms with van der Waals surface area (Å²) in [5.41, 5.74) is 3.28. The maximum absolute atomic E-state index is 12.1. The van der Waals surface area contributed by atoms with Crippen molar-refractivity contribution in [1.29, 1.82) is 0 Å². The van der Waals surface area contributed by atoms with E-state index >= 15 is 0 Å². The highest BCUT2D eigenvalue weighted by atomic mass is 16.6. The number of carbonyl (C=O) groups excluding carboxylic acids is 1. The number of anilines is 1. The molecule has 2 aromatic carbocycles. The molecule has 7 nitrogen and oxygen atoms in total. The molecule has 0 saturated heterocycles. The van der Waals surface area contributed by atoms with Crippen molar-refractivity contribution in [1.82, 2.24) is 5.16 Å². The Balaban J connectivity index is 1.49. The molecule has 31 heavy (non-hydrogen) atoms. The fourth-order valence-corrected chi connectivity index (χ4v) is 3.76. The predicted molar refractivity (Wildman–Crippen MR) is 115 cm³/mol. The van der Waals surface area contributed by atoms with Gasteiger partial charge in [0, 0.05) is 5.56 Å². The number of methoxy groups -OCH3 is 1. The molecule has 4 rings (SSSR count). The van der Waals surface area contributed by atoms with Gasteiger partial charge in [-0.1, -0.05) is 59.8 Å². The van der Waals surface area contributed by atoms with Gasteiger partial charge in [0.05, 0.1) is 18.6 Å². The number of aromatic nitrogens is 1. The number of carbonyl (C=O) groups is 1. The highest BCUT2D eigenvalue weighted by molar-refractivity contribution is 5.87. The molecule has 0 amide bonds. The van der Waals surface area contributed by atoms with Gasteiger partial charge < -0.3 is 24.4 Å². The summed E-state index contributed by atoms with van der Waals surface area (Å²) >= 11 is 0. The number of rotatable bonds is 8. The highest BCUT2D eigenvalue weighted by Crippen LogP contribution is 2.49. The molecule has 2 atom stereocenters. The Kier molecular flexibility index (Phi) is 5.80. The molecule has 2 N–H and O–H groups in total. The molecule has 1 unspecified atom stereocenters. The van der Waals surface area contributed by atoms with E-state index in [2.05, 4.69) is 10.5 Å². The van der Waals surface area contributed by atoms with Crippen molar-refractivity contribution >= 4 is 11.7 Å². The van der Waals surface area contributed by atoms with Gasteiger partial charge in [-0.15, -0.1) is 0 Å². The number of ether oxygens (including phenoxy) is 2. The summed E-state index contributed by atoms with van der Waals surface area (Å²) in [7, 11) is 1.41. The summed E-state index contributed by atoms with van der Waals surface area (Å²) in [5.74, 6) is 0.285. The van der Waals surface area contributed by atoms with Crippen molar-refractivity contribution in [2.24, 2.45) is 0 Å². The average Bonchev–Trinajstić information content (AvgIpc) is 3.53. The van der Waals surface area contributed by atoms with E-state index in [-0.39, 0.29) is 12.1 Å². The van der Waals surface area contributed by atoms with E-state index < -0.39 is 11.8 Å². The van der Waals surface area contributed by atoms with Gasteiger partial charge in [-0.05, 0) is 37.8 Å². The number of benzene rings is 2. The number of hydrogen-bond donors (Lipinski definition) is 2. The number of nitrogens with one attached hydrogen (secondary N) is 1. The number of nitrogens with zero attached hydrogens (tertiary/aromatic N) is 1. The van der Waals surface area contributed by atoms with Gasteiger partial charge in [-0.2, -0.15) is 0 Å². The van der Waals surface area contributed by atoms with Crippen molar-refractivity contribution in [3.8, 4) is 11.3 Å². The second-order valence-electron chi connectivity index (χ2n) is 7.81. The maximum Gasteiger partial charge on any atom is 0.316 e. The van der Waals surface area contributed by atoms with Crippen LogP contribution in [-0.2, 0) is 19.7 Å². The smallest absolute Gasteiger partial charge is 0.316 e. The van der Waals surface area contributed by atoms with Crippen molar-refractivity contribution in [2.45, 2.75) is 44.6 Å². The van der Waals surface area contributed by atoms with Crippen LogP contribution in [-0.4, -0.2) is 29.8 Å². The lowest BCUT2D eigenvalue weighted by atomic mass is 9.94. The van der Waals surface area contributed by atoms with E-state index in [1.165, 1.54) is 7.11 Å². The molecule has 1 aliphatic rings. The van der Waals surface area contributed by atoms with Crippen LogP contribution in [0.1, 0.15) is 42.7 Å².